The number of hydrogen-bond acceptors (Lipinski definition) is 5. The summed E-state index contributed by atoms with van der Waals surface area (Å²) >= 11 is 0. The van der Waals surface area contributed by atoms with E-state index in [4.69, 9.17) is 13.9 Å². The monoisotopic (exact) mass is 344 g/mol. The largest absolute Gasteiger partial charge is 0.486 e. The molecule has 0 N–H and O–H groups in total. The molecule has 1 amide bonds. The predicted molar refractivity (Wildman–Crippen MR) is 93.6 cm³/mol. The number of carbonyl (C=O) groups excluding carboxylic acids is 1. The van der Waals surface area contributed by atoms with Gasteiger partial charge in [0, 0.05) is 13.6 Å². The first-order valence-corrected chi connectivity index (χ1v) is 8.53. The van der Waals surface area contributed by atoms with E-state index in [9.17, 15) is 4.79 Å². The van der Waals surface area contributed by atoms with E-state index >= 15 is 0 Å². The van der Waals surface area contributed by atoms with Crippen LogP contribution in [-0.2, 0) is 11.3 Å². The first kappa shape index (κ1) is 17.4. The molecular weight excluding hydrogens is 320 g/mol. The number of rotatable bonds is 7. The van der Waals surface area contributed by atoms with Gasteiger partial charge in [0.1, 0.15) is 18.5 Å². The van der Waals surface area contributed by atoms with E-state index in [2.05, 4.69) is 4.90 Å². The van der Waals surface area contributed by atoms with Gasteiger partial charge >= 0.3 is 0 Å². The lowest BCUT2D eigenvalue weighted by Crippen LogP contribution is -2.45. The first-order chi connectivity index (χ1) is 12.2. The molecule has 134 valence electrons. The third-order valence-electron chi connectivity index (χ3n) is 4.23. The van der Waals surface area contributed by atoms with Crippen LogP contribution >= 0.6 is 0 Å². The fraction of sp³-hybridized carbons (Fsp3) is 0.421. The van der Waals surface area contributed by atoms with E-state index in [-0.39, 0.29) is 12.0 Å². The van der Waals surface area contributed by atoms with Gasteiger partial charge in [0.25, 0.3) is 0 Å². The lowest BCUT2D eigenvalue weighted by Gasteiger charge is -2.31. The molecule has 1 unspecified atom stereocenters. The van der Waals surface area contributed by atoms with Crippen molar-refractivity contribution < 1.29 is 18.7 Å². The summed E-state index contributed by atoms with van der Waals surface area (Å²) < 4.78 is 17.0. The molecule has 1 aliphatic heterocycles. The third-order valence-corrected chi connectivity index (χ3v) is 4.23. The number of ether oxygens (including phenoxy) is 2. The average Bonchev–Trinajstić information content (AvgIpc) is 3.13. The topological polar surface area (TPSA) is 55.2 Å². The molecule has 1 aliphatic rings. The molecular formula is C19H24N2O4. The van der Waals surface area contributed by atoms with Gasteiger partial charge in [0.05, 0.1) is 19.4 Å². The second-order valence-electron chi connectivity index (χ2n) is 6.15. The Labute approximate surface area is 147 Å². The van der Waals surface area contributed by atoms with Gasteiger partial charge < -0.3 is 18.8 Å². The molecule has 0 radical (unpaired) electrons. The summed E-state index contributed by atoms with van der Waals surface area (Å²) in [5.74, 6) is 2.36. The van der Waals surface area contributed by atoms with E-state index in [1.54, 1.807) is 18.2 Å². The van der Waals surface area contributed by atoms with Gasteiger partial charge in [-0.1, -0.05) is 19.1 Å². The van der Waals surface area contributed by atoms with Gasteiger partial charge in [-0.15, -0.1) is 0 Å². The van der Waals surface area contributed by atoms with Crippen LogP contribution in [0.25, 0.3) is 0 Å². The Morgan fingerprint density at radius 3 is 2.72 bits per heavy atom. The maximum atomic E-state index is 12.4. The van der Waals surface area contributed by atoms with Crippen LogP contribution in [0.5, 0.6) is 11.5 Å². The number of likely N-dealkylation sites (N-methyl/N-ethyl adjacent to an activating group) is 2. The number of carbonyl (C=O) groups is 1. The number of nitrogens with zero attached hydrogens (tertiary/aromatic N) is 2. The third kappa shape index (κ3) is 4.54. The van der Waals surface area contributed by atoms with Crippen molar-refractivity contribution in [2.75, 3.05) is 33.3 Å². The van der Waals surface area contributed by atoms with E-state index in [0.717, 1.165) is 23.8 Å². The molecule has 0 saturated heterocycles. The van der Waals surface area contributed by atoms with Gasteiger partial charge in [-0.2, -0.15) is 0 Å². The normalized spacial score (nSPS) is 16.0. The molecule has 0 spiro atoms. The number of para-hydroxylation sites is 2. The standard InChI is InChI=1S/C19H24N2O4/c1-3-21(13-19(22)20(2)11-15-7-6-10-23-15)12-16-14-24-17-8-4-5-9-18(17)25-16/h4-10,16H,3,11-14H2,1-2H3. The number of fused-ring (bicyclic) bond motifs is 1. The Morgan fingerprint density at radius 2 is 2.00 bits per heavy atom. The fourth-order valence-corrected chi connectivity index (χ4v) is 2.78. The van der Waals surface area contributed by atoms with Gasteiger partial charge in [-0.3, -0.25) is 9.69 Å². The smallest absolute Gasteiger partial charge is 0.236 e. The van der Waals surface area contributed by atoms with E-state index in [1.165, 1.54) is 0 Å². The highest BCUT2D eigenvalue weighted by atomic mass is 16.6. The second kappa shape index (κ2) is 8.07. The molecule has 2 heterocycles. The summed E-state index contributed by atoms with van der Waals surface area (Å²) in [5.41, 5.74) is 0. The van der Waals surface area contributed by atoms with E-state index < -0.39 is 0 Å². The Morgan fingerprint density at radius 1 is 1.20 bits per heavy atom. The summed E-state index contributed by atoms with van der Waals surface area (Å²) in [4.78, 5) is 16.2. The summed E-state index contributed by atoms with van der Waals surface area (Å²) in [5, 5.41) is 0. The van der Waals surface area contributed by atoms with Crippen molar-refractivity contribution in [2.45, 2.75) is 19.6 Å². The van der Waals surface area contributed by atoms with Crippen molar-refractivity contribution in [1.82, 2.24) is 9.80 Å². The highest BCUT2D eigenvalue weighted by Crippen LogP contribution is 2.30. The lowest BCUT2D eigenvalue weighted by molar-refractivity contribution is -0.132. The fourth-order valence-electron chi connectivity index (χ4n) is 2.78. The SMILES string of the molecule is CCN(CC(=O)N(C)Cc1ccco1)CC1COc2ccccc2O1. The minimum Gasteiger partial charge on any atom is -0.486 e. The number of furan rings is 1. The zero-order chi connectivity index (χ0) is 17.6. The minimum atomic E-state index is -0.0852. The Balaban J connectivity index is 1.51. The number of hydrogen-bond donors (Lipinski definition) is 0. The molecule has 0 aliphatic carbocycles. The van der Waals surface area contributed by atoms with Crippen LogP contribution in [0.2, 0.25) is 0 Å². The van der Waals surface area contributed by atoms with E-state index in [1.807, 2.05) is 43.3 Å². The quantitative estimate of drug-likeness (QED) is 0.772. The molecule has 1 aromatic carbocycles. The Bertz CT molecular complexity index is 686. The minimum absolute atomic E-state index is 0.0513. The Hall–Kier alpha value is -2.47. The van der Waals surface area contributed by atoms with Crippen LogP contribution < -0.4 is 9.47 Å². The molecule has 3 rings (SSSR count). The second-order valence-corrected chi connectivity index (χ2v) is 6.15. The highest BCUT2D eigenvalue weighted by Gasteiger charge is 2.24. The lowest BCUT2D eigenvalue weighted by atomic mass is 10.2. The molecule has 0 bridgehead atoms. The molecule has 0 fully saturated rings. The van der Waals surface area contributed by atoms with Crippen molar-refractivity contribution in [3.8, 4) is 11.5 Å². The van der Waals surface area contributed by atoms with Crippen LogP contribution in [0.15, 0.2) is 47.1 Å². The van der Waals surface area contributed by atoms with Crippen LogP contribution in [0.4, 0.5) is 0 Å². The number of benzene rings is 1. The predicted octanol–water partition coefficient (Wildman–Crippen LogP) is 2.40. The van der Waals surface area contributed by atoms with Crippen molar-refractivity contribution in [1.29, 1.82) is 0 Å². The summed E-state index contributed by atoms with van der Waals surface area (Å²) in [7, 11) is 1.79. The van der Waals surface area contributed by atoms with Crippen molar-refractivity contribution in [2.24, 2.45) is 0 Å². The van der Waals surface area contributed by atoms with Crippen LogP contribution in [0.3, 0.4) is 0 Å². The Kier molecular flexibility index (Phi) is 5.60. The molecule has 0 saturated carbocycles. The number of amides is 1. The molecule has 1 atom stereocenters. The summed E-state index contributed by atoms with van der Waals surface area (Å²) in [6.45, 7) is 4.75. The zero-order valence-corrected chi connectivity index (χ0v) is 14.7. The van der Waals surface area contributed by atoms with Gasteiger partial charge in [0.2, 0.25) is 5.91 Å². The average molecular weight is 344 g/mol. The van der Waals surface area contributed by atoms with Gasteiger partial charge in [-0.25, -0.2) is 0 Å². The van der Waals surface area contributed by atoms with Crippen molar-refractivity contribution in [3.63, 3.8) is 0 Å². The van der Waals surface area contributed by atoms with Crippen LogP contribution in [-0.4, -0.2) is 55.1 Å². The summed E-state index contributed by atoms with van der Waals surface area (Å²) in [6.07, 6.45) is 1.53. The van der Waals surface area contributed by atoms with Crippen LogP contribution in [0.1, 0.15) is 12.7 Å². The molecule has 6 nitrogen and oxygen atoms in total. The van der Waals surface area contributed by atoms with Crippen LogP contribution in [0, 0.1) is 0 Å². The molecule has 2 aromatic rings. The maximum absolute atomic E-state index is 12.4. The van der Waals surface area contributed by atoms with Gasteiger partial charge in [-0.05, 0) is 30.8 Å². The first-order valence-electron chi connectivity index (χ1n) is 8.53. The molecule has 6 heteroatoms. The van der Waals surface area contributed by atoms with E-state index in [0.29, 0.717) is 26.2 Å². The summed E-state index contributed by atoms with van der Waals surface area (Å²) in [6, 6.07) is 11.3. The molecule has 1 aromatic heterocycles. The van der Waals surface area contributed by atoms with Gasteiger partial charge in [0.15, 0.2) is 11.5 Å². The van der Waals surface area contributed by atoms with Crippen molar-refractivity contribution in [3.05, 3.63) is 48.4 Å². The highest BCUT2D eigenvalue weighted by molar-refractivity contribution is 5.77. The maximum Gasteiger partial charge on any atom is 0.236 e. The zero-order valence-electron chi connectivity index (χ0n) is 14.7. The van der Waals surface area contributed by atoms with Crippen molar-refractivity contribution >= 4 is 5.91 Å². The molecule has 25 heavy (non-hydrogen) atoms.